The summed E-state index contributed by atoms with van der Waals surface area (Å²) in [6, 6.07) is 11.4. The van der Waals surface area contributed by atoms with Gasteiger partial charge in [0.25, 0.3) is 20.3 Å². The Labute approximate surface area is 183 Å². The van der Waals surface area contributed by atoms with E-state index in [2.05, 4.69) is 20.2 Å². The minimum absolute atomic E-state index is 0.0567. The van der Waals surface area contributed by atoms with Crippen molar-refractivity contribution in [2.45, 2.75) is 25.1 Å². The number of hydrogen-bond acceptors (Lipinski definition) is 8. The topological polar surface area (TPSA) is 127 Å². The number of nitrogens with one attached hydrogen (secondary N) is 2. The molecular weight excluding hydrogens is 440 g/mol. The molecule has 0 fully saturated rings. The van der Waals surface area contributed by atoms with E-state index in [0.717, 1.165) is 16.9 Å². The monoisotopic (exact) mass is 460 g/mol. The average Bonchev–Trinajstić information content (AvgIpc) is 3.19. The lowest BCUT2D eigenvalue weighted by molar-refractivity contribution is 0.0526. The van der Waals surface area contributed by atoms with Crippen LogP contribution in [0.2, 0.25) is 0 Å². The fraction of sp³-hybridized carbons (Fsp3) is 0.200. The number of sulfonamides is 1. The number of anilines is 2. The van der Waals surface area contributed by atoms with Crippen LogP contribution in [-0.2, 0) is 14.8 Å². The molecule has 0 bridgehead atoms. The summed E-state index contributed by atoms with van der Waals surface area (Å²) in [5.74, 6) is -0.903. The fourth-order valence-electron chi connectivity index (χ4n) is 2.63. The first-order valence-corrected chi connectivity index (χ1v) is 11.5. The SMILES string of the molecule is CCOC(=O)c1ccc(NS(=O)(=O)c2nnc(NC(=O)c3cccc(C)c3)s2)c(C)c1. The normalized spacial score (nSPS) is 11.1. The summed E-state index contributed by atoms with van der Waals surface area (Å²) < 4.78 is 32.4. The lowest BCUT2D eigenvalue weighted by atomic mass is 10.1. The van der Waals surface area contributed by atoms with Crippen LogP contribution in [0.15, 0.2) is 46.8 Å². The molecule has 0 aliphatic heterocycles. The van der Waals surface area contributed by atoms with E-state index in [1.54, 1.807) is 32.0 Å². The first-order chi connectivity index (χ1) is 14.7. The third-order valence-electron chi connectivity index (χ3n) is 4.12. The number of amides is 1. The van der Waals surface area contributed by atoms with E-state index < -0.39 is 21.9 Å². The molecule has 162 valence electrons. The Morgan fingerprint density at radius 1 is 1.06 bits per heavy atom. The standard InChI is InChI=1S/C20H20N4O5S2/c1-4-29-18(26)15-8-9-16(13(3)11-15)24-31(27,28)20-23-22-19(30-20)21-17(25)14-7-5-6-12(2)10-14/h5-11,24H,4H2,1-3H3,(H,21,22,25). The smallest absolute Gasteiger partial charge is 0.338 e. The Morgan fingerprint density at radius 2 is 1.84 bits per heavy atom. The van der Waals surface area contributed by atoms with Crippen LogP contribution in [0.25, 0.3) is 0 Å². The van der Waals surface area contributed by atoms with Gasteiger partial charge in [-0.1, -0.05) is 29.0 Å². The largest absolute Gasteiger partial charge is 0.462 e. The van der Waals surface area contributed by atoms with Gasteiger partial charge in [0.15, 0.2) is 0 Å². The summed E-state index contributed by atoms with van der Waals surface area (Å²) in [5.41, 5.74) is 2.48. The summed E-state index contributed by atoms with van der Waals surface area (Å²) in [4.78, 5) is 24.1. The molecule has 2 N–H and O–H groups in total. The van der Waals surface area contributed by atoms with Crippen LogP contribution in [0.1, 0.15) is 38.8 Å². The molecule has 0 unspecified atom stereocenters. The molecule has 0 saturated carbocycles. The Kier molecular flexibility index (Phi) is 6.66. The average molecular weight is 461 g/mol. The first-order valence-electron chi connectivity index (χ1n) is 9.21. The second-order valence-corrected chi connectivity index (χ2v) is 9.39. The fourth-order valence-corrected chi connectivity index (χ4v) is 4.66. The van der Waals surface area contributed by atoms with Gasteiger partial charge in [-0.3, -0.25) is 14.8 Å². The Balaban J connectivity index is 1.74. The van der Waals surface area contributed by atoms with Crippen LogP contribution in [-0.4, -0.2) is 37.1 Å². The van der Waals surface area contributed by atoms with Crippen LogP contribution >= 0.6 is 11.3 Å². The van der Waals surface area contributed by atoms with Crippen LogP contribution in [0.3, 0.4) is 0 Å². The molecule has 1 amide bonds. The predicted molar refractivity (Wildman–Crippen MR) is 117 cm³/mol. The lowest BCUT2D eigenvalue weighted by Gasteiger charge is -2.10. The van der Waals surface area contributed by atoms with Gasteiger partial charge < -0.3 is 4.74 Å². The van der Waals surface area contributed by atoms with Crippen LogP contribution in [0, 0.1) is 13.8 Å². The number of nitrogens with zero attached hydrogens (tertiary/aromatic N) is 2. The maximum Gasteiger partial charge on any atom is 0.338 e. The summed E-state index contributed by atoms with van der Waals surface area (Å²) in [6.07, 6.45) is 0. The van der Waals surface area contributed by atoms with Crippen molar-refractivity contribution >= 4 is 44.1 Å². The highest BCUT2D eigenvalue weighted by atomic mass is 32.2. The number of benzene rings is 2. The van der Waals surface area contributed by atoms with Gasteiger partial charge in [0, 0.05) is 5.56 Å². The van der Waals surface area contributed by atoms with E-state index in [4.69, 9.17) is 4.74 Å². The molecule has 1 heterocycles. The molecule has 9 nitrogen and oxygen atoms in total. The number of esters is 1. The van der Waals surface area contributed by atoms with E-state index in [0.29, 0.717) is 16.7 Å². The maximum absolute atomic E-state index is 12.7. The number of ether oxygens (including phenoxy) is 1. The molecule has 0 atom stereocenters. The molecule has 11 heteroatoms. The lowest BCUT2D eigenvalue weighted by Crippen LogP contribution is -2.14. The number of aromatic nitrogens is 2. The molecule has 0 spiro atoms. The van der Waals surface area contributed by atoms with Crippen molar-refractivity contribution in [2.24, 2.45) is 0 Å². The summed E-state index contributed by atoms with van der Waals surface area (Å²) in [6.45, 7) is 5.46. The third kappa shape index (κ3) is 5.44. The zero-order chi connectivity index (χ0) is 22.6. The van der Waals surface area contributed by atoms with E-state index in [1.807, 2.05) is 13.0 Å². The van der Waals surface area contributed by atoms with Gasteiger partial charge in [-0.25, -0.2) is 4.79 Å². The highest BCUT2D eigenvalue weighted by Gasteiger charge is 2.22. The van der Waals surface area contributed by atoms with Crippen molar-refractivity contribution in [3.8, 4) is 0 Å². The van der Waals surface area contributed by atoms with E-state index in [9.17, 15) is 18.0 Å². The molecule has 0 saturated heterocycles. The number of carbonyl (C=O) groups excluding carboxylic acids is 2. The molecule has 31 heavy (non-hydrogen) atoms. The summed E-state index contributed by atoms with van der Waals surface area (Å²) >= 11 is 0.728. The summed E-state index contributed by atoms with van der Waals surface area (Å²) in [7, 11) is -4.04. The number of hydrogen-bond donors (Lipinski definition) is 2. The highest BCUT2D eigenvalue weighted by molar-refractivity contribution is 7.94. The molecule has 3 rings (SSSR count). The second kappa shape index (κ2) is 9.23. The summed E-state index contributed by atoms with van der Waals surface area (Å²) in [5, 5.41) is 10.0. The van der Waals surface area contributed by atoms with Gasteiger partial charge >= 0.3 is 5.97 Å². The van der Waals surface area contributed by atoms with Crippen molar-refractivity contribution in [1.82, 2.24) is 10.2 Å². The maximum atomic E-state index is 12.7. The van der Waals surface area contributed by atoms with Crippen LogP contribution in [0.4, 0.5) is 10.8 Å². The minimum atomic E-state index is -4.04. The molecule has 2 aromatic carbocycles. The van der Waals surface area contributed by atoms with Crippen LogP contribution in [0.5, 0.6) is 0 Å². The van der Waals surface area contributed by atoms with E-state index >= 15 is 0 Å². The van der Waals surface area contributed by atoms with Crippen molar-refractivity contribution in [3.63, 3.8) is 0 Å². The zero-order valence-corrected chi connectivity index (χ0v) is 18.6. The molecular formula is C20H20N4O5S2. The molecule has 0 aliphatic carbocycles. The number of rotatable bonds is 7. The van der Waals surface area contributed by atoms with Gasteiger partial charge in [0.1, 0.15) is 0 Å². The molecule has 3 aromatic rings. The highest BCUT2D eigenvalue weighted by Crippen LogP contribution is 2.25. The Bertz CT molecular complexity index is 1240. The van der Waals surface area contributed by atoms with E-state index in [1.165, 1.54) is 18.2 Å². The molecule has 0 radical (unpaired) electrons. The number of aryl methyl sites for hydroxylation is 2. The van der Waals surface area contributed by atoms with Gasteiger partial charge in [-0.15, -0.1) is 10.2 Å². The molecule has 0 aliphatic rings. The third-order valence-corrected chi connectivity index (χ3v) is 6.69. The van der Waals surface area contributed by atoms with Gasteiger partial charge in [-0.05, 0) is 56.7 Å². The van der Waals surface area contributed by atoms with Crippen LogP contribution < -0.4 is 10.0 Å². The Morgan fingerprint density at radius 3 is 2.52 bits per heavy atom. The zero-order valence-electron chi connectivity index (χ0n) is 17.0. The van der Waals surface area contributed by atoms with Gasteiger partial charge in [-0.2, -0.15) is 8.42 Å². The van der Waals surface area contributed by atoms with Crippen molar-refractivity contribution < 1.29 is 22.7 Å². The quantitative estimate of drug-likeness (QED) is 0.409. The second-order valence-electron chi connectivity index (χ2n) is 6.55. The minimum Gasteiger partial charge on any atom is -0.462 e. The molecule has 1 aromatic heterocycles. The van der Waals surface area contributed by atoms with E-state index in [-0.39, 0.29) is 21.8 Å². The number of carbonyl (C=O) groups is 2. The Hall–Kier alpha value is -3.31. The van der Waals surface area contributed by atoms with Crippen molar-refractivity contribution in [3.05, 3.63) is 64.7 Å². The van der Waals surface area contributed by atoms with Gasteiger partial charge in [0.05, 0.1) is 17.9 Å². The van der Waals surface area contributed by atoms with Crippen molar-refractivity contribution in [1.29, 1.82) is 0 Å². The van der Waals surface area contributed by atoms with Crippen molar-refractivity contribution in [2.75, 3.05) is 16.6 Å². The predicted octanol–water partition coefficient (Wildman–Crippen LogP) is 3.38. The first kappa shape index (κ1) is 22.4. The van der Waals surface area contributed by atoms with Gasteiger partial charge in [0.2, 0.25) is 5.13 Å².